The quantitative estimate of drug-likeness (QED) is 0.177. The van der Waals surface area contributed by atoms with Crippen molar-refractivity contribution in [3.8, 4) is 11.5 Å². The van der Waals surface area contributed by atoms with Gasteiger partial charge < -0.3 is 34.9 Å². The van der Waals surface area contributed by atoms with Crippen LogP contribution in [0.3, 0.4) is 0 Å². The number of esters is 1. The van der Waals surface area contributed by atoms with Crippen molar-refractivity contribution < 1.29 is 32.9 Å². The van der Waals surface area contributed by atoms with E-state index >= 15 is 0 Å². The Labute approximate surface area is 261 Å². The van der Waals surface area contributed by atoms with E-state index in [2.05, 4.69) is 25.9 Å². The number of rotatable bonds is 11. The van der Waals surface area contributed by atoms with Crippen molar-refractivity contribution in [1.82, 2.24) is 20.6 Å². The lowest BCUT2D eigenvalue weighted by atomic mass is 9.82. The second-order valence-electron chi connectivity index (χ2n) is 11.5. The molecule has 1 aliphatic carbocycles. The molecule has 1 atom stereocenters. The lowest BCUT2D eigenvalue weighted by Crippen LogP contribution is -2.48. The minimum absolute atomic E-state index is 0.00300. The Morgan fingerprint density at radius 1 is 1.07 bits per heavy atom. The number of alkyl carbamates (subject to hydrolysis) is 1. The summed E-state index contributed by atoms with van der Waals surface area (Å²) in [4.78, 5) is 33.2. The van der Waals surface area contributed by atoms with Crippen LogP contribution in [0.15, 0.2) is 36.7 Å². The topological polar surface area (TPSA) is 133 Å². The monoisotopic (exact) mass is 631 g/mol. The van der Waals surface area contributed by atoms with Crippen LogP contribution in [-0.4, -0.2) is 67.1 Å². The molecule has 3 aromatic rings. The molecule has 0 spiro atoms. The lowest BCUT2D eigenvalue weighted by Gasteiger charge is -2.33. The van der Waals surface area contributed by atoms with Crippen molar-refractivity contribution in [3.05, 3.63) is 47.5 Å². The van der Waals surface area contributed by atoms with Crippen molar-refractivity contribution in [2.24, 2.45) is 5.92 Å². The number of carbonyl (C=O) groups is 2. The van der Waals surface area contributed by atoms with Crippen LogP contribution in [0.4, 0.5) is 20.7 Å². The molecule has 1 aliphatic rings. The minimum atomic E-state index is -0.590. The number of carbonyl (C=O) groups excluding carboxylic acids is 2. The minimum Gasteiger partial charge on any atom is -0.493 e. The van der Waals surface area contributed by atoms with Crippen molar-refractivity contribution in [2.45, 2.75) is 64.2 Å². The Morgan fingerprint density at radius 3 is 2.50 bits per heavy atom. The summed E-state index contributed by atoms with van der Waals surface area (Å²) in [5.74, 6) is 0.494. The summed E-state index contributed by atoms with van der Waals surface area (Å²) in [7, 11) is 2.92. The van der Waals surface area contributed by atoms with E-state index in [-0.39, 0.29) is 28.7 Å². The highest BCUT2D eigenvalue weighted by molar-refractivity contribution is 6.31. The molecule has 1 fully saturated rings. The van der Waals surface area contributed by atoms with Gasteiger partial charge in [0, 0.05) is 24.5 Å². The molecular weight excluding hydrogens is 593 g/mol. The molecule has 0 saturated heterocycles. The van der Waals surface area contributed by atoms with Gasteiger partial charge in [0.1, 0.15) is 23.8 Å². The van der Waals surface area contributed by atoms with E-state index in [4.69, 9.17) is 30.5 Å². The number of fused-ring (bicyclic) bond motifs is 1. The molecule has 2 aromatic carbocycles. The van der Waals surface area contributed by atoms with E-state index in [0.717, 1.165) is 12.8 Å². The van der Waals surface area contributed by atoms with Crippen molar-refractivity contribution in [3.63, 3.8) is 0 Å². The van der Waals surface area contributed by atoms with Crippen LogP contribution < -0.4 is 25.4 Å². The molecule has 4 rings (SSSR count). The Kier molecular flexibility index (Phi) is 11.0. The van der Waals surface area contributed by atoms with Crippen LogP contribution in [-0.2, 0) is 14.3 Å². The SMILES string of the molecule is COC(=O)C(NCCNC(=O)OC(C)(C)C)C1CCC(Oc2cc3c(Nc4cccc(Cl)c4F)ncnc3cc2OC)CC1. The maximum Gasteiger partial charge on any atom is 0.407 e. The van der Waals surface area contributed by atoms with E-state index in [1.807, 2.05) is 0 Å². The molecule has 11 nitrogen and oxygen atoms in total. The van der Waals surface area contributed by atoms with Crippen LogP contribution in [0.1, 0.15) is 46.5 Å². The van der Waals surface area contributed by atoms with Gasteiger partial charge in [0.25, 0.3) is 0 Å². The highest BCUT2D eigenvalue weighted by atomic mass is 35.5. The number of hydrogen-bond acceptors (Lipinski definition) is 10. The Morgan fingerprint density at radius 2 is 1.82 bits per heavy atom. The first-order valence-electron chi connectivity index (χ1n) is 14.5. The van der Waals surface area contributed by atoms with Gasteiger partial charge >= 0.3 is 12.1 Å². The molecular formula is C31H39ClFN5O6. The van der Waals surface area contributed by atoms with Gasteiger partial charge in [-0.1, -0.05) is 17.7 Å². The van der Waals surface area contributed by atoms with E-state index in [1.54, 1.807) is 52.1 Å². The molecule has 0 aliphatic heterocycles. The van der Waals surface area contributed by atoms with Crippen LogP contribution in [0.5, 0.6) is 11.5 Å². The number of hydrogen-bond donors (Lipinski definition) is 3. The van der Waals surface area contributed by atoms with Crippen LogP contribution in [0.25, 0.3) is 10.9 Å². The number of anilines is 2. The highest BCUT2D eigenvalue weighted by Crippen LogP contribution is 2.38. The zero-order chi connectivity index (χ0) is 31.9. The van der Waals surface area contributed by atoms with Gasteiger partial charge in [-0.15, -0.1) is 0 Å². The van der Waals surface area contributed by atoms with Gasteiger partial charge in [0.15, 0.2) is 17.3 Å². The average Bonchev–Trinajstić information content (AvgIpc) is 2.98. The van der Waals surface area contributed by atoms with Gasteiger partial charge in [0.2, 0.25) is 0 Å². The van der Waals surface area contributed by atoms with E-state index in [1.165, 1.54) is 19.5 Å². The summed E-state index contributed by atoms with van der Waals surface area (Å²) in [6.07, 6.45) is 3.57. The molecule has 0 radical (unpaired) electrons. The fourth-order valence-electron chi connectivity index (χ4n) is 5.14. The Bertz CT molecular complexity index is 1460. The normalized spacial score (nSPS) is 17.4. The first kappa shape index (κ1) is 33.0. The summed E-state index contributed by atoms with van der Waals surface area (Å²) >= 11 is 5.96. The van der Waals surface area contributed by atoms with E-state index in [9.17, 15) is 14.0 Å². The van der Waals surface area contributed by atoms with Gasteiger partial charge in [0.05, 0.1) is 36.6 Å². The van der Waals surface area contributed by atoms with Gasteiger partial charge in [-0.3, -0.25) is 4.79 Å². The van der Waals surface area contributed by atoms with Gasteiger partial charge in [-0.2, -0.15) is 0 Å². The molecule has 1 saturated carbocycles. The van der Waals surface area contributed by atoms with Gasteiger partial charge in [-0.25, -0.2) is 19.2 Å². The zero-order valence-electron chi connectivity index (χ0n) is 25.5. The van der Waals surface area contributed by atoms with E-state index < -0.39 is 23.6 Å². The first-order chi connectivity index (χ1) is 21.0. The second kappa shape index (κ2) is 14.7. The number of nitrogens with one attached hydrogen (secondary N) is 3. The first-order valence-corrected chi connectivity index (χ1v) is 14.9. The zero-order valence-corrected chi connectivity index (χ0v) is 26.3. The summed E-state index contributed by atoms with van der Waals surface area (Å²) in [5, 5.41) is 9.54. The fourth-order valence-corrected chi connectivity index (χ4v) is 5.31. The Hall–Kier alpha value is -3.90. The lowest BCUT2D eigenvalue weighted by molar-refractivity contribution is -0.145. The molecule has 1 amide bonds. The summed E-state index contributed by atoms with van der Waals surface area (Å²) < 4.78 is 36.9. The van der Waals surface area contributed by atoms with E-state index in [0.29, 0.717) is 54.2 Å². The summed E-state index contributed by atoms with van der Waals surface area (Å²) in [6, 6.07) is 7.70. The Balaban J connectivity index is 1.40. The van der Waals surface area contributed by atoms with Crippen LogP contribution >= 0.6 is 11.6 Å². The third-order valence-corrected chi connectivity index (χ3v) is 7.51. The number of amides is 1. The summed E-state index contributed by atoms with van der Waals surface area (Å²) in [6.45, 7) is 6.06. The number of benzene rings is 2. The molecule has 0 bridgehead atoms. The third kappa shape index (κ3) is 8.60. The number of aromatic nitrogens is 2. The number of methoxy groups -OCH3 is 2. The number of halogens is 2. The predicted octanol–water partition coefficient (Wildman–Crippen LogP) is 5.77. The fraction of sp³-hybridized carbons (Fsp3) is 0.484. The average molecular weight is 632 g/mol. The number of ether oxygens (including phenoxy) is 4. The summed E-state index contributed by atoms with van der Waals surface area (Å²) in [5.41, 5.74) is 0.182. The van der Waals surface area contributed by atoms with Crippen LogP contribution in [0.2, 0.25) is 5.02 Å². The van der Waals surface area contributed by atoms with Gasteiger partial charge in [-0.05, 0) is 70.6 Å². The van der Waals surface area contributed by atoms with Crippen LogP contribution in [0, 0.1) is 11.7 Å². The maximum atomic E-state index is 14.6. The molecule has 1 unspecified atom stereocenters. The predicted molar refractivity (Wildman–Crippen MR) is 165 cm³/mol. The standard InChI is InChI=1S/C31H39ClFN5O6/c1-31(2,3)44-30(40)35-14-13-34-27(29(39)42-5)18-9-11-19(12-10-18)43-25-15-20-23(16-24(25)41-4)36-17-37-28(20)38-22-8-6-7-21(32)26(22)33/h6-8,15-19,27,34H,9-14H2,1-5H3,(H,35,40)(H,36,37,38). The molecule has 13 heteroatoms. The molecule has 238 valence electrons. The third-order valence-electron chi connectivity index (χ3n) is 7.22. The molecule has 3 N–H and O–H groups in total. The number of nitrogens with zero attached hydrogens (tertiary/aromatic N) is 2. The van der Waals surface area contributed by atoms with Crippen molar-refractivity contribution in [1.29, 1.82) is 0 Å². The smallest absolute Gasteiger partial charge is 0.407 e. The highest BCUT2D eigenvalue weighted by Gasteiger charge is 2.33. The second-order valence-corrected chi connectivity index (χ2v) is 11.9. The van der Waals surface area contributed by atoms with Crippen molar-refractivity contribution >= 4 is 46.1 Å². The van der Waals surface area contributed by atoms with Crippen molar-refractivity contribution in [2.75, 3.05) is 32.6 Å². The molecule has 44 heavy (non-hydrogen) atoms. The maximum absolute atomic E-state index is 14.6. The largest absolute Gasteiger partial charge is 0.493 e. The molecule has 1 aromatic heterocycles. The molecule has 1 heterocycles.